The van der Waals surface area contributed by atoms with Gasteiger partial charge in [-0.1, -0.05) is 6.07 Å². The van der Waals surface area contributed by atoms with E-state index in [1.165, 1.54) is 6.07 Å². The molecule has 0 radical (unpaired) electrons. The van der Waals surface area contributed by atoms with Crippen molar-refractivity contribution in [2.45, 2.75) is 38.6 Å². The van der Waals surface area contributed by atoms with Gasteiger partial charge in [0.15, 0.2) is 11.6 Å². The molecule has 1 unspecified atom stereocenters. The number of rotatable bonds is 7. The van der Waals surface area contributed by atoms with Crippen LogP contribution in [0.4, 0.5) is 8.78 Å². The normalized spacial score (nSPS) is 18.0. The van der Waals surface area contributed by atoms with Crippen molar-refractivity contribution >= 4 is 10.0 Å². The van der Waals surface area contributed by atoms with Crippen molar-refractivity contribution in [2.75, 3.05) is 19.0 Å². The molecule has 0 saturated carbocycles. The fourth-order valence-electron chi connectivity index (χ4n) is 2.72. The molecular weight excluding hydrogens is 324 g/mol. The Bertz CT molecular complexity index is 616. The molecule has 1 fully saturated rings. The maximum Gasteiger partial charge on any atom is 0.212 e. The molecule has 0 bridgehead atoms. The molecule has 1 heterocycles. The number of ether oxygens (including phenoxy) is 1. The Morgan fingerprint density at radius 3 is 2.61 bits per heavy atom. The molecule has 23 heavy (non-hydrogen) atoms. The third-order valence-corrected chi connectivity index (χ3v) is 5.70. The molecule has 1 atom stereocenters. The lowest BCUT2D eigenvalue weighted by Crippen LogP contribution is -2.37. The van der Waals surface area contributed by atoms with Crippen molar-refractivity contribution in [3.63, 3.8) is 0 Å². The highest BCUT2D eigenvalue weighted by Gasteiger charge is 2.22. The summed E-state index contributed by atoms with van der Waals surface area (Å²) < 4.78 is 58.2. The molecule has 1 aliphatic heterocycles. The standard InChI is InChI=1S/C16H23F2NO3S/c1-12(2-3-13-4-5-15(17)16(18)10-13)19-23(20,21)11-14-6-8-22-9-7-14/h4-5,10,12,14,19H,2-3,6-9,11H2,1H3. The van der Waals surface area contributed by atoms with Crippen LogP contribution in [0.3, 0.4) is 0 Å². The Labute approximate surface area is 136 Å². The van der Waals surface area contributed by atoms with Gasteiger partial charge >= 0.3 is 0 Å². The van der Waals surface area contributed by atoms with Crippen molar-refractivity contribution in [2.24, 2.45) is 5.92 Å². The minimum Gasteiger partial charge on any atom is -0.381 e. The minimum atomic E-state index is -3.34. The van der Waals surface area contributed by atoms with E-state index in [-0.39, 0.29) is 17.7 Å². The Balaban J connectivity index is 1.80. The van der Waals surface area contributed by atoms with Gasteiger partial charge in [0, 0.05) is 19.3 Å². The summed E-state index contributed by atoms with van der Waals surface area (Å²) in [6.07, 6.45) is 2.55. The summed E-state index contributed by atoms with van der Waals surface area (Å²) in [7, 11) is -3.34. The second-order valence-corrected chi connectivity index (χ2v) is 7.94. The Kier molecular flexibility index (Phi) is 6.50. The average Bonchev–Trinajstić information content (AvgIpc) is 2.48. The van der Waals surface area contributed by atoms with E-state index in [1.54, 1.807) is 6.92 Å². The molecule has 0 spiro atoms. The zero-order valence-corrected chi connectivity index (χ0v) is 14.0. The second-order valence-electron chi connectivity index (χ2n) is 6.14. The van der Waals surface area contributed by atoms with Crippen LogP contribution in [-0.4, -0.2) is 33.4 Å². The SMILES string of the molecule is CC(CCc1ccc(F)c(F)c1)NS(=O)(=O)CC1CCOCC1. The predicted octanol–water partition coefficient (Wildman–Crippen LogP) is 2.63. The van der Waals surface area contributed by atoms with Crippen LogP contribution in [0.5, 0.6) is 0 Å². The van der Waals surface area contributed by atoms with Gasteiger partial charge in [0.05, 0.1) is 5.75 Å². The number of nitrogens with one attached hydrogen (secondary N) is 1. The lowest BCUT2D eigenvalue weighted by atomic mass is 10.0. The lowest BCUT2D eigenvalue weighted by Gasteiger charge is -2.23. The van der Waals surface area contributed by atoms with Crippen molar-refractivity contribution in [1.29, 1.82) is 0 Å². The summed E-state index contributed by atoms with van der Waals surface area (Å²) in [6, 6.07) is 3.50. The molecule has 1 N–H and O–H groups in total. The van der Waals surface area contributed by atoms with Crippen LogP contribution in [0.1, 0.15) is 31.7 Å². The van der Waals surface area contributed by atoms with Crippen molar-refractivity contribution < 1.29 is 21.9 Å². The fourth-order valence-corrected chi connectivity index (χ4v) is 4.50. The monoisotopic (exact) mass is 347 g/mol. The van der Waals surface area contributed by atoms with Crippen LogP contribution in [0, 0.1) is 17.6 Å². The average molecular weight is 347 g/mol. The van der Waals surface area contributed by atoms with Gasteiger partial charge < -0.3 is 4.74 Å². The Morgan fingerprint density at radius 1 is 1.26 bits per heavy atom. The van der Waals surface area contributed by atoms with Crippen LogP contribution in [0.15, 0.2) is 18.2 Å². The first-order valence-electron chi connectivity index (χ1n) is 7.87. The number of hydrogen-bond donors (Lipinski definition) is 1. The first kappa shape index (κ1) is 18.3. The van der Waals surface area contributed by atoms with Gasteiger partial charge in [-0.15, -0.1) is 0 Å². The van der Waals surface area contributed by atoms with E-state index >= 15 is 0 Å². The first-order valence-corrected chi connectivity index (χ1v) is 9.52. The summed E-state index contributed by atoms with van der Waals surface area (Å²) in [4.78, 5) is 0. The van der Waals surface area contributed by atoms with E-state index in [4.69, 9.17) is 4.74 Å². The number of hydrogen-bond acceptors (Lipinski definition) is 3. The second kappa shape index (κ2) is 8.17. The fraction of sp³-hybridized carbons (Fsp3) is 0.625. The minimum absolute atomic E-state index is 0.117. The van der Waals surface area contributed by atoms with Crippen LogP contribution < -0.4 is 4.72 Å². The van der Waals surface area contributed by atoms with E-state index in [1.807, 2.05) is 0 Å². The zero-order chi connectivity index (χ0) is 16.9. The van der Waals surface area contributed by atoms with E-state index < -0.39 is 21.7 Å². The maximum atomic E-state index is 13.1. The van der Waals surface area contributed by atoms with E-state index in [2.05, 4.69) is 4.72 Å². The van der Waals surface area contributed by atoms with Gasteiger partial charge in [0.2, 0.25) is 10.0 Å². The maximum absolute atomic E-state index is 13.1. The van der Waals surface area contributed by atoms with Gasteiger partial charge in [-0.25, -0.2) is 21.9 Å². The summed E-state index contributed by atoms with van der Waals surface area (Å²) in [6.45, 7) is 3.01. The first-order chi connectivity index (χ1) is 10.9. The number of benzene rings is 1. The van der Waals surface area contributed by atoms with Gasteiger partial charge in [-0.3, -0.25) is 0 Å². The number of sulfonamides is 1. The molecule has 1 aromatic carbocycles. The molecule has 2 rings (SSSR count). The quantitative estimate of drug-likeness (QED) is 0.825. The molecule has 4 nitrogen and oxygen atoms in total. The molecule has 1 saturated heterocycles. The van der Waals surface area contributed by atoms with Gasteiger partial charge in [0.25, 0.3) is 0 Å². The smallest absolute Gasteiger partial charge is 0.212 e. The summed E-state index contributed by atoms with van der Waals surface area (Å²) in [5.74, 6) is -1.50. The van der Waals surface area contributed by atoms with Crippen LogP contribution in [-0.2, 0) is 21.2 Å². The summed E-state index contributed by atoms with van der Waals surface area (Å²) >= 11 is 0. The third kappa shape index (κ3) is 6.16. The third-order valence-electron chi connectivity index (χ3n) is 4.03. The molecule has 1 aliphatic rings. The topological polar surface area (TPSA) is 55.4 Å². The molecule has 7 heteroatoms. The highest BCUT2D eigenvalue weighted by atomic mass is 32.2. The summed E-state index contributed by atoms with van der Waals surface area (Å²) in [5, 5.41) is 0. The molecule has 0 aliphatic carbocycles. The number of aryl methyl sites for hydroxylation is 1. The Hall–Kier alpha value is -1.05. The van der Waals surface area contributed by atoms with Gasteiger partial charge in [0.1, 0.15) is 0 Å². The van der Waals surface area contributed by atoms with Crippen molar-refractivity contribution in [1.82, 2.24) is 4.72 Å². The van der Waals surface area contributed by atoms with E-state index in [0.717, 1.165) is 25.0 Å². The predicted molar refractivity (Wildman–Crippen MR) is 84.6 cm³/mol. The molecule has 0 aromatic heterocycles. The van der Waals surface area contributed by atoms with Gasteiger partial charge in [-0.2, -0.15) is 0 Å². The van der Waals surface area contributed by atoms with Crippen LogP contribution in [0.2, 0.25) is 0 Å². The summed E-state index contributed by atoms with van der Waals surface area (Å²) in [5.41, 5.74) is 0.652. The van der Waals surface area contributed by atoms with Crippen LogP contribution in [0.25, 0.3) is 0 Å². The molecule has 1 aromatic rings. The Morgan fingerprint density at radius 2 is 1.96 bits per heavy atom. The highest BCUT2D eigenvalue weighted by Crippen LogP contribution is 2.17. The van der Waals surface area contributed by atoms with Crippen LogP contribution >= 0.6 is 0 Å². The highest BCUT2D eigenvalue weighted by molar-refractivity contribution is 7.89. The lowest BCUT2D eigenvalue weighted by molar-refractivity contribution is 0.0723. The molecule has 130 valence electrons. The van der Waals surface area contributed by atoms with E-state index in [9.17, 15) is 17.2 Å². The van der Waals surface area contributed by atoms with E-state index in [0.29, 0.717) is 31.6 Å². The largest absolute Gasteiger partial charge is 0.381 e. The van der Waals surface area contributed by atoms with Crippen molar-refractivity contribution in [3.05, 3.63) is 35.4 Å². The van der Waals surface area contributed by atoms with Gasteiger partial charge in [-0.05, 0) is 56.2 Å². The van der Waals surface area contributed by atoms with Crippen molar-refractivity contribution in [3.8, 4) is 0 Å². The molecular formula is C16H23F2NO3S. The number of halogens is 2. The zero-order valence-electron chi connectivity index (χ0n) is 13.2. The molecule has 0 amide bonds.